The third kappa shape index (κ3) is 4.06. The van der Waals surface area contributed by atoms with Gasteiger partial charge in [-0.1, -0.05) is 42.6 Å². The molecule has 1 N–H and O–H groups in total. The Bertz CT molecular complexity index is 1070. The molecule has 2 aromatic heterocycles. The molecule has 1 aromatic carbocycles. The highest BCUT2D eigenvalue weighted by atomic mass is 35.5. The minimum Gasteiger partial charge on any atom is -0.462 e. The van der Waals surface area contributed by atoms with E-state index in [0.29, 0.717) is 27.1 Å². The molecule has 1 aliphatic rings. The van der Waals surface area contributed by atoms with Crippen molar-refractivity contribution < 1.29 is 14.3 Å². The average molecular weight is 448 g/mol. The van der Waals surface area contributed by atoms with E-state index in [4.69, 9.17) is 16.3 Å². The lowest BCUT2D eigenvalue weighted by atomic mass is 9.96. The van der Waals surface area contributed by atoms with Gasteiger partial charge in [-0.15, -0.1) is 22.7 Å². The summed E-state index contributed by atoms with van der Waals surface area (Å²) in [6.45, 7) is 2.10. The molecule has 0 aliphatic heterocycles. The first-order valence-electron chi connectivity index (χ1n) is 9.90. The summed E-state index contributed by atoms with van der Waals surface area (Å²) in [4.78, 5) is 27.4. The fourth-order valence-corrected chi connectivity index (χ4v) is 6.43. The monoisotopic (exact) mass is 447 g/mol. The van der Waals surface area contributed by atoms with Crippen LogP contribution in [0.25, 0.3) is 10.1 Å². The van der Waals surface area contributed by atoms with Crippen LogP contribution in [0.3, 0.4) is 0 Å². The zero-order chi connectivity index (χ0) is 20.4. The Labute approximate surface area is 182 Å². The average Bonchev–Trinajstić information content (AvgIpc) is 3.20. The van der Waals surface area contributed by atoms with Crippen molar-refractivity contribution >= 4 is 61.2 Å². The third-order valence-electron chi connectivity index (χ3n) is 5.12. The molecule has 4 rings (SSSR count). The highest BCUT2D eigenvalue weighted by molar-refractivity contribution is 7.22. The van der Waals surface area contributed by atoms with Gasteiger partial charge in [-0.3, -0.25) is 4.79 Å². The first-order valence-corrected chi connectivity index (χ1v) is 11.9. The summed E-state index contributed by atoms with van der Waals surface area (Å²) in [5.74, 6) is -0.640. The molecular formula is C22H22ClNO3S2. The van der Waals surface area contributed by atoms with E-state index in [2.05, 4.69) is 5.32 Å². The fourth-order valence-electron chi connectivity index (χ4n) is 3.75. The van der Waals surface area contributed by atoms with Crippen molar-refractivity contribution in [3.63, 3.8) is 0 Å². The van der Waals surface area contributed by atoms with Gasteiger partial charge in [0.1, 0.15) is 9.88 Å². The number of nitrogens with one attached hydrogen (secondary N) is 1. The molecule has 0 fully saturated rings. The number of carbonyl (C=O) groups is 2. The van der Waals surface area contributed by atoms with Crippen LogP contribution in [0.5, 0.6) is 0 Å². The van der Waals surface area contributed by atoms with Crippen molar-refractivity contribution in [2.45, 2.75) is 45.4 Å². The molecule has 152 valence electrons. The molecule has 4 nitrogen and oxygen atoms in total. The quantitative estimate of drug-likeness (QED) is 0.452. The number of hydrogen-bond acceptors (Lipinski definition) is 5. The van der Waals surface area contributed by atoms with E-state index in [1.54, 1.807) is 6.92 Å². The van der Waals surface area contributed by atoms with Gasteiger partial charge in [0.25, 0.3) is 5.91 Å². The second-order valence-corrected chi connectivity index (χ2v) is 9.57. The van der Waals surface area contributed by atoms with Crippen LogP contribution in [-0.4, -0.2) is 18.5 Å². The van der Waals surface area contributed by atoms with Crippen LogP contribution < -0.4 is 5.32 Å². The van der Waals surface area contributed by atoms with Crippen LogP contribution in [0.1, 0.15) is 63.1 Å². The number of hydrogen-bond donors (Lipinski definition) is 1. The van der Waals surface area contributed by atoms with E-state index in [9.17, 15) is 9.59 Å². The standard InChI is InChI=1S/C22H22ClNO3S2/c1-2-27-22(26)17-13-9-5-3-4-6-11-15(13)29-21(17)24-20(25)19-18(23)14-10-7-8-12-16(14)28-19/h7-8,10,12H,2-6,9,11H2,1H3,(H,24,25). The molecule has 0 unspecified atom stereocenters. The van der Waals surface area contributed by atoms with Gasteiger partial charge >= 0.3 is 5.97 Å². The molecule has 0 spiro atoms. The van der Waals surface area contributed by atoms with Crippen molar-refractivity contribution in [2.75, 3.05) is 11.9 Å². The van der Waals surface area contributed by atoms with E-state index in [-0.39, 0.29) is 11.9 Å². The summed E-state index contributed by atoms with van der Waals surface area (Å²) >= 11 is 9.34. The molecule has 7 heteroatoms. The fraction of sp³-hybridized carbons (Fsp3) is 0.364. The maximum Gasteiger partial charge on any atom is 0.341 e. The number of amides is 1. The van der Waals surface area contributed by atoms with E-state index in [1.807, 2.05) is 24.3 Å². The number of thiophene rings is 2. The maximum absolute atomic E-state index is 13.1. The van der Waals surface area contributed by atoms with Gasteiger partial charge < -0.3 is 10.1 Å². The van der Waals surface area contributed by atoms with Gasteiger partial charge in [-0.2, -0.15) is 0 Å². The smallest absolute Gasteiger partial charge is 0.341 e. The number of esters is 1. The van der Waals surface area contributed by atoms with E-state index < -0.39 is 0 Å². The normalized spacial score (nSPS) is 14.1. The minimum absolute atomic E-state index is 0.282. The lowest BCUT2D eigenvalue weighted by Crippen LogP contribution is -2.15. The Kier molecular flexibility index (Phi) is 6.23. The van der Waals surface area contributed by atoms with E-state index >= 15 is 0 Å². The highest BCUT2D eigenvalue weighted by Crippen LogP contribution is 2.40. The number of fused-ring (bicyclic) bond motifs is 2. The van der Waals surface area contributed by atoms with Gasteiger partial charge in [0.2, 0.25) is 0 Å². The summed E-state index contributed by atoms with van der Waals surface area (Å²) in [6, 6.07) is 7.69. The molecule has 2 heterocycles. The molecule has 29 heavy (non-hydrogen) atoms. The molecule has 0 bridgehead atoms. The SMILES string of the molecule is CCOC(=O)c1c(NC(=O)c2sc3ccccc3c2Cl)sc2c1CCCCCC2. The van der Waals surface area contributed by atoms with Crippen molar-refractivity contribution in [3.8, 4) is 0 Å². The second kappa shape index (κ2) is 8.86. The summed E-state index contributed by atoms with van der Waals surface area (Å²) in [6.07, 6.45) is 6.30. The first-order chi connectivity index (χ1) is 14.1. The number of ether oxygens (including phenoxy) is 1. The number of anilines is 1. The van der Waals surface area contributed by atoms with Crippen molar-refractivity contribution in [2.24, 2.45) is 0 Å². The number of carbonyl (C=O) groups excluding carboxylic acids is 2. The van der Waals surface area contributed by atoms with Gasteiger partial charge in [0.15, 0.2) is 0 Å². The zero-order valence-electron chi connectivity index (χ0n) is 16.2. The topological polar surface area (TPSA) is 55.4 Å². The van der Waals surface area contributed by atoms with Gasteiger partial charge in [0.05, 0.1) is 17.2 Å². The Morgan fingerprint density at radius 3 is 2.62 bits per heavy atom. The van der Waals surface area contributed by atoms with Crippen molar-refractivity contribution in [3.05, 3.63) is 50.2 Å². The Morgan fingerprint density at radius 2 is 1.86 bits per heavy atom. The highest BCUT2D eigenvalue weighted by Gasteiger charge is 2.27. The summed E-state index contributed by atoms with van der Waals surface area (Å²) < 4.78 is 6.28. The Morgan fingerprint density at radius 1 is 1.10 bits per heavy atom. The molecular weight excluding hydrogens is 426 g/mol. The first kappa shape index (κ1) is 20.4. The summed E-state index contributed by atoms with van der Waals surface area (Å²) in [7, 11) is 0. The third-order valence-corrected chi connectivity index (χ3v) is 8.00. The van der Waals surface area contributed by atoms with Crippen LogP contribution in [-0.2, 0) is 17.6 Å². The van der Waals surface area contributed by atoms with Crippen molar-refractivity contribution in [1.82, 2.24) is 0 Å². The molecule has 0 radical (unpaired) electrons. The minimum atomic E-state index is -0.358. The van der Waals surface area contributed by atoms with E-state index in [0.717, 1.165) is 47.8 Å². The number of halogens is 1. The predicted octanol–water partition coefficient (Wildman–Crippen LogP) is 6.70. The summed E-state index contributed by atoms with van der Waals surface area (Å²) in [5.41, 5.74) is 1.57. The largest absolute Gasteiger partial charge is 0.462 e. The van der Waals surface area contributed by atoms with E-state index in [1.165, 1.54) is 34.0 Å². The van der Waals surface area contributed by atoms with Crippen LogP contribution >= 0.6 is 34.3 Å². The van der Waals surface area contributed by atoms with Gasteiger partial charge in [-0.25, -0.2) is 4.79 Å². The van der Waals surface area contributed by atoms with Crippen LogP contribution in [0.4, 0.5) is 5.00 Å². The van der Waals surface area contributed by atoms with Crippen molar-refractivity contribution in [1.29, 1.82) is 0 Å². The predicted molar refractivity (Wildman–Crippen MR) is 121 cm³/mol. The molecule has 0 saturated carbocycles. The van der Waals surface area contributed by atoms with Gasteiger partial charge in [-0.05, 0) is 44.2 Å². The molecule has 0 atom stereocenters. The zero-order valence-corrected chi connectivity index (χ0v) is 18.6. The Balaban J connectivity index is 1.71. The lowest BCUT2D eigenvalue weighted by Gasteiger charge is -2.11. The lowest BCUT2D eigenvalue weighted by molar-refractivity contribution is 0.0526. The second-order valence-electron chi connectivity index (χ2n) is 7.04. The maximum atomic E-state index is 13.1. The Hall–Kier alpha value is -1.89. The number of aryl methyl sites for hydroxylation is 1. The summed E-state index contributed by atoms with van der Waals surface area (Å²) in [5, 5.41) is 4.87. The number of benzene rings is 1. The van der Waals surface area contributed by atoms with Crippen LogP contribution in [0.2, 0.25) is 5.02 Å². The van der Waals surface area contributed by atoms with Crippen LogP contribution in [0, 0.1) is 0 Å². The van der Waals surface area contributed by atoms with Crippen LogP contribution in [0.15, 0.2) is 24.3 Å². The van der Waals surface area contributed by atoms with Gasteiger partial charge in [0, 0.05) is 15.0 Å². The number of rotatable bonds is 4. The molecule has 1 amide bonds. The molecule has 1 aliphatic carbocycles. The molecule has 3 aromatic rings. The molecule has 0 saturated heterocycles.